The van der Waals surface area contributed by atoms with Crippen molar-refractivity contribution in [3.8, 4) is 0 Å². The number of rotatable bonds is 5. The quantitative estimate of drug-likeness (QED) is 0.626. The number of nitrogens with one attached hydrogen (secondary N) is 1. The maximum atomic E-state index is 12.9. The summed E-state index contributed by atoms with van der Waals surface area (Å²) in [5.41, 5.74) is -1.18. The van der Waals surface area contributed by atoms with E-state index in [9.17, 15) is 39.6 Å². The van der Waals surface area contributed by atoms with Crippen molar-refractivity contribution in [2.45, 2.75) is 49.0 Å². The number of carbonyl (C=O) groups excluding carboxylic acids is 1. The van der Waals surface area contributed by atoms with Crippen LogP contribution in [0.2, 0.25) is 0 Å². The van der Waals surface area contributed by atoms with Gasteiger partial charge in [0, 0.05) is 18.4 Å². The summed E-state index contributed by atoms with van der Waals surface area (Å²) in [7, 11) is -3.94. The van der Waals surface area contributed by atoms with Gasteiger partial charge in [-0.3, -0.25) is 4.79 Å². The monoisotopic (exact) mass is 495 g/mol. The molecule has 0 spiro atoms. The molecule has 1 saturated carbocycles. The van der Waals surface area contributed by atoms with Gasteiger partial charge in [0.25, 0.3) is 5.91 Å². The van der Waals surface area contributed by atoms with Crippen molar-refractivity contribution < 1.29 is 39.6 Å². The second-order valence-corrected chi connectivity index (χ2v) is 9.83. The molecule has 1 aliphatic rings. The van der Waals surface area contributed by atoms with Crippen LogP contribution in [-0.4, -0.2) is 36.1 Å². The molecule has 1 aliphatic carbocycles. The number of benzene rings is 1. The molecule has 13 heteroatoms. The number of sulfone groups is 1. The average molecular weight is 495 g/mol. The van der Waals surface area contributed by atoms with Crippen LogP contribution in [0.5, 0.6) is 0 Å². The third-order valence-electron chi connectivity index (χ3n) is 5.33. The Hall–Kier alpha value is -2.70. The molecule has 33 heavy (non-hydrogen) atoms. The van der Waals surface area contributed by atoms with Gasteiger partial charge in [-0.15, -0.1) is 0 Å². The van der Waals surface area contributed by atoms with E-state index in [1.807, 2.05) is 0 Å². The lowest BCUT2D eigenvalue weighted by Gasteiger charge is -2.29. The van der Waals surface area contributed by atoms with Gasteiger partial charge in [0.05, 0.1) is 21.8 Å². The minimum atomic E-state index is -4.72. The predicted molar refractivity (Wildman–Crippen MR) is 104 cm³/mol. The molecule has 0 aliphatic heterocycles. The summed E-state index contributed by atoms with van der Waals surface area (Å²) in [6.07, 6.45) is -6.18. The maximum absolute atomic E-state index is 12.9. The lowest BCUT2D eigenvalue weighted by atomic mass is 9.87. The van der Waals surface area contributed by atoms with Gasteiger partial charge in [-0.25, -0.2) is 18.4 Å². The van der Waals surface area contributed by atoms with Crippen LogP contribution in [0.4, 0.5) is 26.3 Å². The summed E-state index contributed by atoms with van der Waals surface area (Å²) < 4.78 is 101. The molecule has 0 atom stereocenters. The van der Waals surface area contributed by atoms with E-state index in [2.05, 4.69) is 15.3 Å². The van der Waals surface area contributed by atoms with Crippen molar-refractivity contribution in [3.63, 3.8) is 0 Å². The highest BCUT2D eigenvalue weighted by Crippen LogP contribution is 2.32. The molecule has 1 aromatic heterocycles. The Labute approximate surface area is 185 Å². The molecule has 1 aromatic carbocycles. The van der Waals surface area contributed by atoms with Crippen molar-refractivity contribution in [2.75, 3.05) is 5.75 Å². The molecular weight excluding hydrogens is 476 g/mol. The molecule has 6 nitrogen and oxygen atoms in total. The van der Waals surface area contributed by atoms with E-state index in [4.69, 9.17) is 0 Å². The minimum Gasteiger partial charge on any atom is -0.349 e. The molecule has 1 amide bonds. The van der Waals surface area contributed by atoms with E-state index in [-0.39, 0.29) is 23.3 Å². The second-order valence-electron chi connectivity index (χ2n) is 7.79. The van der Waals surface area contributed by atoms with Crippen LogP contribution in [0.25, 0.3) is 0 Å². The zero-order valence-corrected chi connectivity index (χ0v) is 17.8. The van der Waals surface area contributed by atoms with Gasteiger partial charge in [0.15, 0.2) is 9.84 Å². The molecule has 1 fully saturated rings. The molecule has 3 rings (SSSR count). The number of amides is 1. The van der Waals surface area contributed by atoms with Crippen molar-refractivity contribution in [1.82, 2.24) is 15.3 Å². The minimum absolute atomic E-state index is 0.141. The van der Waals surface area contributed by atoms with Gasteiger partial charge < -0.3 is 5.32 Å². The van der Waals surface area contributed by atoms with Gasteiger partial charge >= 0.3 is 12.4 Å². The molecular formula is C20H19F6N3O3S. The van der Waals surface area contributed by atoms with Crippen molar-refractivity contribution in [1.29, 1.82) is 0 Å². The summed E-state index contributed by atoms with van der Waals surface area (Å²) in [6.45, 7) is 0. The van der Waals surface area contributed by atoms with Crippen molar-refractivity contribution >= 4 is 15.7 Å². The molecule has 2 aromatic rings. The van der Waals surface area contributed by atoms with E-state index >= 15 is 0 Å². The Morgan fingerprint density at radius 2 is 1.58 bits per heavy atom. The number of halogens is 6. The van der Waals surface area contributed by atoms with Crippen LogP contribution in [0, 0.1) is 5.92 Å². The Kier molecular flexibility index (Phi) is 7.01. The van der Waals surface area contributed by atoms with Crippen LogP contribution >= 0.6 is 0 Å². The van der Waals surface area contributed by atoms with Gasteiger partial charge in [-0.2, -0.15) is 26.3 Å². The summed E-state index contributed by atoms with van der Waals surface area (Å²) >= 11 is 0. The Balaban J connectivity index is 1.55. The molecule has 1 N–H and O–H groups in total. The fourth-order valence-electron chi connectivity index (χ4n) is 3.61. The largest absolute Gasteiger partial charge is 0.451 e. The van der Waals surface area contributed by atoms with Gasteiger partial charge in [-0.1, -0.05) is 6.07 Å². The topological polar surface area (TPSA) is 89.0 Å². The van der Waals surface area contributed by atoms with Crippen LogP contribution < -0.4 is 5.32 Å². The van der Waals surface area contributed by atoms with Crippen molar-refractivity contribution in [2.24, 2.45) is 5.92 Å². The number of hydrogen-bond acceptors (Lipinski definition) is 5. The predicted octanol–water partition coefficient (Wildman–Crippen LogP) is 4.28. The molecule has 0 bridgehead atoms. The third kappa shape index (κ3) is 6.42. The number of hydrogen-bond donors (Lipinski definition) is 1. The SMILES string of the molecule is O=C(N[C@H]1CC[C@H](CS(=O)(=O)c2cccc(C(F)(F)F)c2)CC1)c1cnc(C(F)(F)F)nc1. The second kappa shape index (κ2) is 9.27. The number of carbonyl (C=O) groups is 1. The van der Waals surface area contributed by atoms with Gasteiger partial charge in [0.1, 0.15) is 0 Å². The van der Waals surface area contributed by atoms with Crippen molar-refractivity contribution in [3.05, 3.63) is 53.6 Å². The first-order valence-corrected chi connectivity index (χ1v) is 11.5. The Morgan fingerprint density at radius 1 is 0.970 bits per heavy atom. The molecule has 180 valence electrons. The fraction of sp³-hybridized carbons (Fsp3) is 0.450. The zero-order valence-electron chi connectivity index (χ0n) is 16.9. The summed E-state index contributed by atoms with van der Waals surface area (Å²) in [5.74, 6) is -2.63. The van der Waals surface area contributed by atoms with Crippen LogP contribution in [0.1, 0.15) is 47.4 Å². The summed E-state index contributed by atoms with van der Waals surface area (Å²) in [4.78, 5) is 18.1. The maximum Gasteiger partial charge on any atom is 0.451 e. The van der Waals surface area contributed by atoms with Crippen LogP contribution in [0.15, 0.2) is 41.6 Å². The van der Waals surface area contributed by atoms with E-state index < -0.39 is 44.4 Å². The molecule has 1 heterocycles. The van der Waals surface area contributed by atoms with E-state index in [0.29, 0.717) is 31.7 Å². The molecule has 0 unspecified atom stereocenters. The summed E-state index contributed by atoms with van der Waals surface area (Å²) in [5, 5.41) is 2.66. The van der Waals surface area contributed by atoms with Gasteiger partial charge in [-0.05, 0) is 49.8 Å². The lowest BCUT2D eigenvalue weighted by molar-refractivity contribution is -0.145. The first-order chi connectivity index (χ1) is 15.3. The smallest absolute Gasteiger partial charge is 0.349 e. The standard InChI is InChI=1S/C20H19F6N3O3S/c21-19(22,23)14-2-1-3-16(8-14)33(31,32)11-12-4-6-15(7-5-12)29-17(30)13-9-27-18(28-10-13)20(24,25)26/h1-3,8-10,12,15H,4-7,11H2,(H,29,30)/t12-,15-. The molecule has 0 radical (unpaired) electrons. The first kappa shape index (κ1) is 24.9. The zero-order chi connectivity index (χ0) is 24.4. The van der Waals surface area contributed by atoms with E-state index in [1.165, 1.54) is 0 Å². The van der Waals surface area contributed by atoms with E-state index in [0.717, 1.165) is 30.6 Å². The Morgan fingerprint density at radius 3 is 2.12 bits per heavy atom. The number of aromatic nitrogens is 2. The lowest BCUT2D eigenvalue weighted by Crippen LogP contribution is -2.38. The highest BCUT2D eigenvalue weighted by molar-refractivity contribution is 7.91. The summed E-state index contributed by atoms with van der Waals surface area (Å²) in [6, 6.07) is 3.27. The average Bonchev–Trinajstić information content (AvgIpc) is 2.74. The van der Waals surface area contributed by atoms with Gasteiger partial charge in [0.2, 0.25) is 5.82 Å². The highest BCUT2D eigenvalue weighted by Gasteiger charge is 2.35. The van der Waals surface area contributed by atoms with Crippen LogP contribution in [-0.2, 0) is 22.2 Å². The third-order valence-corrected chi connectivity index (χ3v) is 7.21. The molecule has 0 saturated heterocycles. The normalized spacial score (nSPS) is 19.8. The van der Waals surface area contributed by atoms with E-state index in [1.54, 1.807) is 0 Å². The fourth-order valence-corrected chi connectivity index (χ4v) is 5.35. The number of alkyl halides is 6. The Bertz CT molecular complexity index is 1090. The number of nitrogens with zero attached hydrogens (tertiary/aromatic N) is 2. The highest BCUT2D eigenvalue weighted by atomic mass is 32.2. The first-order valence-electron chi connectivity index (χ1n) is 9.86. The van der Waals surface area contributed by atoms with Crippen LogP contribution in [0.3, 0.4) is 0 Å².